The lowest BCUT2D eigenvalue weighted by Crippen LogP contribution is -2.48. The number of benzene rings is 2. The zero-order chi connectivity index (χ0) is 28.7. The first-order valence-electron chi connectivity index (χ1n) is 14.8. The van der Waals surface area contributed by atoms with E-state index < -0.39 is 17.9 Å². The SMILES string of the molecule is CCCCSC[C@H](CC1CCCCC1)OCc1ccc(C(=O)N[C@@H](CCSC)C(=O)[O-])c(-c2ccccc2C)c1. The van der Waals surface area contributed by atoms with E-state index in [1.165, 1.54) is 50.7 Å². The van der Waals surface area contributed by atoms with Gasteiger partial charge >= 0.3 is 0 Å². The van der Waals surface area contributed by atoms with Crippen LogP contribution < -0.4 is 10.4 Å². The van der Waals surface area contributed by atoms with Gasteiger partial charge in [0, 0.05) is 11.3 Å². The average molecular weight is 585 g/mol. The normalized spacial score (nSPS) is 15.5. The summed E-state index contributed by atoms with van der Waals surface area (Å²) < 4.78 is 6.56. The molecule has 0 heterocycles. The summed E-state index contributed by atoms with van der Waals surface area (Å²) in [5, 5.41) is 14.4. The molecule has 1 amide bonds. The number of hydrogen-bond acceptors (Lipinski definition) is 6. The number of carboxylic acid groups (broad SMARTS) is 1. The van der Waals surface area contributed by atoms with Crippen LogP contribution in [-0.2, 0) is 16.1 Å². The number of aryl methyl sites for hydroxylation is 1. The van der Waals surface area contributed by atoms with Gasteiger partial charge in [-0.15, -0.1) is 0 Å². The third-order valence-electron chi connectivity index (χ3n) is 7.72. The number of unbranched alkanes of at least 4 members (excludes halogenated alkanes) is 1. The molecule has 3 rings (SSSR count). The van der Waals surface area contributed by atoms with Crippen molar-refractivity contribution in [3.8, 4) is 11.1 Å². The van der Waals surface area contributed by atoms with E-state index >= 15 is 0 Å². The van der Waals surface area contributed by atoms with Gasteiger partial charge in [0.15, 0.2) is 0 Å². The fraction of sp³-hybridized carbons (Fsp3) is 0.576. The maximum Gasteiger partial charge on any atom is 0.252 e. The minimum Gasteiger partial charge on any atom is -0.548 e. The van der Waals surface area contributed by atoms with Crippen LogP contribution in [0.5, 0.6) is 0 Å². The second kappa shape index (κ2) is 17.8. The van der Waals surface area contributed by atoms with Crippen LogP contribution in [0, 0.1) is 12.8 Å². The standard InChI is InChI=1S/C33H47NO4S2/c1-4-5-18-40-23-27(20-25-12-7-6-8-13-25)38-22-26-15-16-29(30(21-26)28-14-10-9-11-24(28)2)32(35)34-31(33(36)37)17-19-39-3/h9-11,14-16,21,25,27,31H,4-8,12-13,17-20,22-23H2,1-3H3,(H,34,35)(H,36,37)/p-1/t27-,31-/m0/s1. The number of carboxylic acids is 1. The Morgan fingerprint density at radius 3 is 2.55 bits per heavy atom. The third-order valence-corrected chi connectivity index (χ3v) is 9.55. The van der Waals surface area contributed by atoms with Crippen molar-refractivity contribution in [2.75, 3.05) is 23.5 Å². The molecule has 1 saturated carbocycles. The van der Waals surface area contributed by atoms with Gasteiger partial charge in [0.2, 0.25) is 0 Å². The molecule has 1 N–H and O–H groups in total. The van der Waals surface area contributed by atoms with Crippen molar-refractivity contribution < 1.29 is 19.4 Å². The van der Waals surface area contributed by atoms with Gasteiger partial charge in [-0.2, -0.15) is 23.5 Å². The highest BCUT2D eigenvalue weighted by Crippen LogP contribution is 2.31. The first-order valence-corrected chi connectivity index (χ1v) is 17.4. The molecule has 0 radical (unpaired) electrons. The van der Waals surface area contributed by atoms with Crippen molar-refractivity contribution in [3.05, 3.63) is 59.2 Å². The van der Waals surface area contributed by atoms with Gasteiger partial charge in [-0.3, -0.25) is 4.79 Å². The Balaban J connectivity index is 1.80. The van der Waals surface area contributed by atoms with Crippen LogP contribution in [-0.4, -0.2) is 47.5 Å². The Morgan fingerprint density at radius 2 is 1.85 bits per heavy atom. The number of thioether (sulfide) groups is 2. The highest BCUT2D eigenvalue weighted by atomic mass is 32.2. The number of amides is 1. The summed E-state index contributed by atoms with van der Waals surface area (Å²) in [5.41, 5.74) is 4.27. The number of carbonyl (C=O) groups excluding carboxylic acids is 2. The first-order chi connectivity index (χ1) is 19.4. The molecule has 0 bridgehead atoms. The highest BCUT2D eigenvalue weighted by Gasteiger charge is 2.22. The molecular formula is C33H46NO4S2-. The number of rotatable bonds is 17. The molecule has 0 aliphatic heterocycles. The summed E-state index contributed by atoms with van der Waals surface area (Å²) >= 11 is 3.54. The quantitative estimate of drug-likeness (QED) is 0.210. The summed E-state index contributed by atoms with van der Waals surface area (Å²) in [6.07, 6.45) is 12.7. The number of hydrogen-bond donors (Lipinski definition) is 1. The Hall–Kier alpha value is -1.96. The van der Waals surface area contributed by atoms with E-state index in [2.05, 4.69) is 12.2 Å². The molecule has 2 atom stereocenters. The molecule has 7 heteroatoms. The fourth-order valence-corrected chi connectivity index (χ4v) is 6.98. The maximum absolute atomic E-state index is 13.4. The van der Waals surface area contributed by atoms with Crippen LogP contribution in [0.15, 0.2) is 42.5 Å². The minimum absolute atomic E-state index is 0.218. The lowest BCUT2D eigenvalue weighted by atomic mass is 9.85. The van der Waals surface area contributed by atoms with Crippen LogP contribution in [0.2, 0.25) is 0 Å². The van der Waals surface area contributed by atoms with Crippen LogP contribution in [0.1, 0.15) is 86.2 Å². The molecule has 0 saturated heterocycles. The largest absolute Gasteiger partial charge is 0.548 e. The second-order valence-corrected chi connectivity index (χ2v) is 13.1. The van der Waals surface area contributed by atoms with Crippen molar-refractivity contribution >= 4 is 35.4 Å². The van der Waals surface area contributed by atoms with Gasteiger partial charge in [-0.05, 0) is 84.3 Å². The Labute approximate surface area is 249 Å². The molecule has 0 aromatic heterocycles. The topological polar surface area (TPSA) is 78.5 Å². The van der Waals surface area contributed by atoms with Crippen molar-refractivity contribution in [3.63, 3.8) is 0 Å². The van der Waals surface area contributed by atoms with E-state index in [4.69, 9.17) is 4.74 Å². The molecule has 2 aromatic rings. The van der Waals surface area contributed by atoms with Gasteiger partial charge in [-0.1, -0.05) is 75.8 Å². The Bertz CT molecular complexity index is 1070. The molecule has 1 aliphatic rings. The van der Waals surface area contributed by atoms with Gasteiger partial charge in [0.1, 0.15) is 0 Å². The lowest BCUT2D eigenvalue weighted by Gasteiger charge is -2.27. The predicted molar refractivity (Wildman–Crippen MR) is 168 cm³/mol. The monoisotopic (exact) mass is 584 g/mol. The van der Waals surface area contributed by atoms with Crippen LogP contribution in [0.4, 0.5) is 0 Å². The molecule has 1 fully saturated rings. The summed E-state index contributed by atoms with van der Waals surface area (Å²) in [6.45, 7) is 4.74. The summed E-state index contributed by atoms with van der Waals surface area (Å²) in [4.78, 5) is 25.0. The van der Waals surface area contributed by atoms with Crippen molar-refractivity contribution in [2.24, 2.45) is 5.92 Å². The van der Waals surface area contributed by atoms with E-state index in [1.54, 1.807) is 11.8 Å². The molecule has 2 aromatic carbocycles. The van der Waals surface area contributed by atoms with Gasteiger partial charge in [0.25, 0.3) is 5.91 Å². The zero-order valence-electron chi connectivity index (χ0n) is 24.4. The molecule has 220 valence electrons. The van der Waals surface area contributed by atoms with Crippen LogP contribution >= 0.6 is 23.5 Å². The number of ether oxygens (including phenoxy) is 1. The third kappa shape index (κ3) is 10.5. The van der Waals surface area contributed by atoms with Crippen molar-refractivity contribution in [1.29, 1.82) is 0 Å². The molecule has 5 nitrogen and oxygen atoms in total. The Morgan fingerprint density at radius 1 is 1.07 bits per heavy atom. The van der Waals surface area contributed by atoms with Crippen LogP contribution in [0.25, 0.3) is 11.1 Å². The second-order valence-electron chi connectivity index (χ2n) is 10.9. The smallest absolute Gasteiger partial charge is 0.252 e. The molecule has 0 unspecified atom stereocenters. The van der Waals surface area contributed by atoms with Gasteiger partial charge in [-0.25, -0.2) is 0 Å². The maximum atomic E-state index is 13.4. The van der Waals surface area contributed by atoms with E-state index in [9.17, 15) is 14.7 Å². The predicted octanol–water partition coefficient (Wildman–Crippen LogP) is 6.65. The van der Waals surface area contributed by atoms with E-state index in [0.717, 1.165) is 40.3 Å². The summed E-state index contributed by atoms with van der Waals surface area (Å²) in [6, 6.07) is 12.7. The van der Waals surface area contributed by atoms with Crippen molar-refractivity contribution in [2.45, 2.75) is 90.4 Å². The summed E-state index contributed by atoms with van der Waals surface area (Å²) in [5.74, 6) is 1.91. The van der Waals surface area contributed by atoms with Crippen LogP contribution in [0.3, 0.4) is 0 Å². The van der Waals surface area contributed by atoms with E-state index in [1.807, 2.05) is 67.4 Å². The van der Waals surface area contributed by atoms with Gasteiger partial charge < -0.3 is 20.0 Å². The number of nitrogens with one attached hydrogen (secondary N) is 1. The Kier molecular flexibility index (Phi) is 14.5. The fourth-order valence-electron chi connectivity index (χ4n) is 5.35. The summed E-state index contributed by atoms with van der Waals surface area (Å²) in [7, 11) is 0. The zero-order valence-corrected chi connectivity index (χ0v) is 26.0. The molecule has 1 aliphatic carbocycles. The van der Waals surface area contributed by atoms with E-state index in [0.29, 0.717) is 24.3 Å². The molecular weight excluding hydrogens is 539 g/mol. The van der Waals surface area contributed by atoms with Crippen molar-refractivity contribution in [1.82, 2.24) is 5.32 Å². The lowest BCUT2D eigenvalue weighted by molar-refractivity contribution is -0.308. The highest BCUT2D eigenvalue weighted by molar-refractivity contribution is 7.99. The minimum atomic E-state index is -1.26. The number of carbonyl (C=O) groups is 2. The van der Waals surface area contributed by atoms with Gasteiger partial charge in [0.05, 0.1) is 24.7 Å². The number of aliphatic carboxylic acids is 1. The first kappa shape index (κ1) is 32.6. The van der Waals surface area contributed by atoms with E-state index in [-0.39, 0.29) is 6.10 Å². The molecule has 0 spiro atoms. The average Bonchev–Trinajstić information content (AvgIpc) is 2.96. The molecule has 40 heavy (non-hydrogen) atoms.